The molecule has 0 aliphatic heterocycles. The molecule has 0 unspecified atom stereocenters. The van der Waals surface area contributed by atoms with Gasteiger partial charge in [-0.05, 0) is 12.1 Å². The van der Waals surface area contributed by atoms with Gasteiger partial charge in [-0.25, -0.2) is 4.98 Å². The van der Waals surface area contributed by atoms with Crippen LogP contribution in [0.5, 0.6) is 0 Å². The zero-order valence-corrected chi connectivity index (χ0v) is 12.9. The normalized spacial score (nSPS) is 10.3. The predicted molar refractivity (Wildman–Crippen MR) is 83.8 cm³/mol. The molecule has 1 aromatic carbocycles. The van der Waals surface area contributed by atoms with Crippen LogP contribution < -0.4 is 5.32 Å². The highest BCUT2D eigenvalue weighted by Crippen LogP contribution is 2.13. The first-order valence-electron chi connectivity index (χ1n) is 6.57. The Morgan fingerprint density at radius 3 is 2.86 bits per heavy atom. The van der Waals surface area contributed by atoms with E-state index in [0.29, 0.717) is 23.6 Å². The maximum Gasteiger partial charge on any atom is 0.220 e. The van der Waals surface area contributed by atoms with Crippen LogP contribution in [0.15, 0.2) is 35.2 Å². The summed E-state index contributed by atoms with van der Waals surface area (Å²) in [6.07, 6.45) is 1.07. The van der Waals surface area contributed by atoms with Crippen LogP contribution >= 0.6 is 22.9 Å². The number of halogens is 1. The lowest BCUT2D eigenvalue weighted by molar-refractivity contribution is -0.121. The van der Waals surface area contributed by atoms with Crippen molar-refractivity contribution in [3.8, 4) is 0 Å². The number of nitrogens with zero attached hydrogens (tertiary/aromatic N) is 1. The first-order valence-corrected chi connectivity index (χ1v) is 7.90. The Bertz CT molecular complexity index is 614. The fourth-order valence-corrected chi connectivity index (χ4v) is 2.60. The van der Waals surface area contributed by atoms with Crippen LogP contribution in [0.25, 0.3) is 0 Å². The van der Waals surface area contributed by atoms with Crippen molar-refractivity contribution in [1.29, 1.82) is 0 Å². The average molecular weight is 323 g/mol. The number of nitrogens with one attached hydrogen (secondary N) is 1. The van der Waals surface area contributed by atoms with Gasteiger partial charge in [-0.3, -0.25) is 9.59 Å². The van der Waals surface area contributed by atoms with Gasteiger partial charge in [0.1, 0.15) is 0 Å². The summed E-state index contributed by atoms with van der Waals surface area (Å²) in [6.45, 7) is 0.536. The summed E-state index contributed by atoms with van der Waals surface area (Å²) < 4.78 is 0. The van der Waals surface area contributed by atoms with Gasteiger partial charge in [-0.15, -0.1) is 11.3 Å². The van der Waals surface area contributed by atoms with Crippen LogP contribution in [0.3, 0.4) is 0 Å². The molecule has 0 bridgehead atoms. The third-order valence-corrected chi connectivity index (χ3v) is 3.78. The molecule has 0 saturated heterocycles. The molecule has 4 nitrogen and oxygen atoms in total. The number of hydrogen-bond acceptors (Lipinski definition) is 4. The largest absolute Gasteiger partial charge is 0.356 e. The van der Waals surface area contributed by atoms with Gasteiger partial charge >= 0.3 is 0 Å². The number of rotatable bonds is 7. The fourth-order valence-electron chi connectivity index (χ4n) is 1.81. The highest BCUT2D eigenvalue weighted by molar-refractivity contribution is 7.07. The van der Waals surface area contributed by atoms with E-state index in [1.807, 2.05) is 5.38 Å². The molecular weight excluding hydrogens is 308 g/mol. The van der Waals surface area contributed by atoms with Crippen LogP contribution in [0.2, 0.25) is 5.02 Å². The smallest absolute Gasteiger partial charge is 0.220 e. The van der Waals surface area contributed by atoms with Gasteiger partial charge in [0.05, 0.1) is 11.2 Å². The summed E-state index contributed by atoms with van der Waals surface area (Å²) in [6, 6.07) is 6.76. The zero-order chi connectivity index (χ0) is 15.1. The Labute approximate surface area is 132 Å². The molecule has 110 valence electrons. The first kappa shape index (κ1) is 15.7. The van der Waals surface area contributed by atoms with E-state index >= 15 is 0 Å². The summed E-state index contributed by atoms with van der Waals surface area (Å²) in [5.41, 5.74) is 3.27. The number of carbonyl (C=O) groups is 2. The maximum atomic E-state index is 11.9. The van der Waals surface area contributed by atoms with Crippen LogP contribution in [0.1, 0.15) is 28.9 Å². The van der Waals surface area contributed by atoms with Crippen LogP contribution in [0.4, 0.5) is 0 Å². The van der Waals surface area contributed by atoms with E-state index in [1.165, 1.54) is 11.3 Å². The molecule has 0 aliphatic carbocycles. The number of hydrogen-bond donors (Lipinski definition) is 1. The number of ketones is 1. The first-order chi connectivity index (χ1) is 10.1. The lowest BCUT2D eigenvalue weighted by atomic mass is 10.1. The van der Waals surface area contributed by atoms with Gasteiger partial charge in [0.2, 0.25) is 5.91 Å². The van der Waals surface area contributed by atoms with Gasteiger partial charge < -0.3 is 5.32 Å². The predicted octanol–water partition coefficient (Wildman–Crippen LogP) is 3.12. The topological polar surface area (TPSA) is 59.1 Å². The van der Waals surface area contributed by atoms with Crippen molar-refractivity contribution in [3.05, 3.63) is 51.4 Å². The molecule has 1 heterocycles. The molecule has 0 atom stereocenters. The Balaban J connectivity index is 1.70. The molecule has 2 rings (SSSR count). The number of carbonyl (C=O) groups excluding carboxylic acids is 2. The van der Waals surface area contributed by atoms with Crippen LogP contribution in [0, 0.1) is 0 Å². The van der Waals surface area contributed by atoms with Crippen molar-refractivity contribution < 1.29 is 9.59 Å². The minimum atomic E-state index is -0.124. The molecule has 21 heavy (non-hydrogen) atoms. The van der Waals surface area contributed by atoms with Crippen LogP contribution in [-0.2, 0) is 11.2 Å². The van der Waals surface area contributed by atoms with Crippen molar-refractivity contribution in [2.24, 2.45) is 0 Å². The minimum absolute atomic E-state index is 0.0767. The Kier molecular flexibility index (Phi) is 5.90. The summed E-state index contributed by atoms with van der Waals surface area (Å²) in [7, 11) is 0. The lowest BCUT2D eigenvalue weighted by Crippen LogP contribution is -2.26. The van der Waals surface area contributed by atoms with Crippen molar-refractivity contribution >= 4 is 34.6 Å². The number of aromatic nitrogens is 1. The van der Waals surface area contributed by atoms with E-state index in [-0.39, 0.29) is 24.5 Å². The number of amides is 1. The van der Waals surface area contributed by atoms with E-state index in [4.69, 9.17) is 11.6 Å². The highest BCUT2D eigenvalue weighted by Gasteiger charge is 2.09. The quantitative estimate of drug-likeness (QED) is 0.797. The molecule has 1 aromatic heterocycles. The van der Waals surface area contributed by atoms with E-state index in [9.17, 15) is 9.59 Å². The Morgan fingerprint density at radius 1 is 1.29 bits per heavy atom. The SMILES string of the molecule is O=C(CCC(=O)c1cccc(Cl)c1)NCCc1cscn1. The molecule has 0 radical (unpaired) electrons. The van der Waals surface area contributed by atoms with Gasteiger partial charge in [0.25, 0.3) is 0 Å². The van der Waals surface area contributed by atoms with E-state index in [2.05, 4.69) is 10.3 Å². The molecule has 2 aromatic rings. The average Bonchev–Trinajstić information content (AvgIpc) is 2.98. The van der Waals surface area contributed by atoms with E-state index in [0.717, 1.165) is 5.69 Å². The summed E-state index contributed by atoms with van der Waals surface area (Å²) in [5, 5.41) is 5.26. The van der Waals surface area contributed by atoms with E-state index < -0.39 is 0 Å². The van der Waals surface area contributed by atoms with E-state index in [1.54, 1.807) is 29.8 Å². The molecule has 0 fully saturated rings. The molecular formula is C15H15ClN2O2S. The summed E-state index contributed by atoms with van der Waals surface area (Å²) in [4.78, 5) is 27.7. The molecule has 0 aliphatic rings. The van der Waals surface area contributed by atoms with Crippen molar-refractivity contribution in [2.45, 2.75) is 19.3 Å². The molecule has 6 heteroatoms. The number of Topliss-reactive ketones (excluding diaryl/α,β-unsaturated/α-hetero) is 1. The second-order valence-electron chi connectivity index (χ2n) is 4.51. The Morgan fingerprint density at radius 2 is 2.14 bits per heavy atom. The number of thiazole rings is 1. The van der Waals surface area contributed by atoms with Crippen molar-refractivity contribution in [3.63, 3.8) is 0 Å². The second kappa shape index (κ2) is 7.90. The minimum Gasteiger partial charge on any atom is -0.356 e. The standard InChI is InChI=1S/C15H15ClN2O2S/c16-12-3-1-2-11(8-12)14(19)4-5-15(20)17-7-6-13-9-21-10-18-13/h1-3,8-10H,4-7H2,(H,17,20). The zero-order valence-electron chi connectivity index (χ0n) is 11.3. The second-order valence-corrected chi connectivity index (χ2v) is 5.67. The monoisotopic (exact) mass is 322 g/mol. The molecule has 0 saturated carbocycles. The maximum absolute atomic E-state index is 11.9. The molecule has 0 spiro atoms. The van der Waals surface area contributed by atoms with Gasteiger partial charge in [0, 0.05) is 41.8 Å². The van der Waals surface area contributed by atoms with Crippen molar-refractivity contribution in [1.82, 2.24) is 10.3 Å². The summed E-state index contributed by atoms with van der Waals surface area (Å²) in [5.74, 6) is -0.201. The lowest BCUT2D eigenvalue weighted by Gasteiger charge is -2.04. The molecule has 1 N–H and O–H groups in total. The summed E-state index contributed by atoms with van der Waals surface area (Å²) >= 11 is 7.36. The third kappa shape index (κ3) is 5.28. The Hall–Kier alpha value is -1.72. The highest BCUT2D eigenvalue weighted by atomic mass is 35.5. The third-order valence-electron chi connectivity index (χ3n) is 2.91. The van der Waals surface area contributed by atoms with Crippen LogP contribution in [-0.4, -0.2) is 23.2 Å². The van der Waals surface area contributed by atoms with Gasteiger partial charge in [0.15, 0.2) is 5.78 Å². The fraction of sp³-hybridized carbons (Fsp3) is 0.267. The molecule has 1 amide bonds. The number of benzene rings is 1. The van der Waals surface area contributed by atoms with Gasteiger partial charge in [-0.1, -0.05) is 23.7 Å². The van der Waals surface area contributed by atoms with Crippen molar-refractivity contribution in [2.75, 3.05) is 6.54 Å². The van der Waals surface area contributed by atoms with Gasteiger partial charge in [-0.2, -0.15) is 0 Å².